The van der Waals surface area contributed by atoms with Crippen molar-refractivity contribution in [2.24, 2.45) is 0 Å². The summed E-state index contributed by atoms with van der Waals surface area (Å²) in [6, 6.07) is 10.7. The summed E-state index contributed by atoms with van der Waals surface area (Å²) in [4.78, 5) is 30.9. The summed E-state index contributed by atoms with van der Waals surface area (Å²) < 4.78 is 0. The Balaban J connectivity index is 1.72. The molecule has 0 aliphatic rings. The first-order valence-corrected chi connectivity index (χ1v) is 8.05. The van der Waals surface area contributed by atoms with Crippen LogP contribution in [0, 0.1) is 6.92 Å². The number of aryl methyl sites for hydroxylation is 2. The smallest absolute Gasteiger partial charge is 0.251 e. The van der Waals surface area contributed by atoms with E-state index in [0.717, 1.165) is 22.6 Å². The molecule has 0 aliphatic heterocycles. The molecule has 1 aromatic carbocycles. The van der Waals surface area contributed by atoms with Gasteiger partial charge in [0.15, 0.2) is 5.82 Å². The van der Waals surface area contributed by atoms with Crippen molar-refractivity contribution >= 4 is 5.91 Å². The molecule has 3 aromatic rings. The maximum Gasteiger partial charge on any atom is 0.251 e. The number of carbonyl (C=O) groups excluding carboxylic acids is 1. The summed E-state index contributed by atoms with van der Waals surface area (Å²) in [5.74, 6) is 1.09. The fourth-order valence-corrected chi connectivity index (χ4v) is 2.50. The highest BCUT2D eigenvalue weighted by atomic mass is 16.2. The topological polar surface area (TPSA) is 104 Å². The van der Waals surface area contributed by atoms with Gasteiger partial charge in [-0.15, -0.1) is 0 Å². The van der Waals surface area contributed by atoms with Crippen LogP contribution in [0.1, 0.15) is 34.4 Å². The molecule has 7 heteroatoms. The van der Waals surface area contributed by atoms with Crippen LogP contribution in [-0.2, 0) is 13.0 Å². The van der Waals surface area contributed by atoms with Gasteiger partial charge in [-0.2, -0.15) is 5.10 Å². The quantitative estimate of drug-likeness (QED) is 0.662. The first-order chi connectivity index (χ1) is 12.0. The number of aromatic amines is 2. The van der Waals surface area contributed by atoms with Gasteiger partial charge in [-0.05, 0) is 31.0 Å². The van der Waals surface area contributed by atoms with Gasteiger partial charge < -0.3 is 10.3 Å². The zero-order valence-electron chi connectivity index (χ0n) is 14.1. The Kier molecular flexibility index (Phi) is 4.74. The Labute approximate surface area is 144 Å². The Morgan fingerprint density at radius 2 is 2.08 bits per heavy atom. The van der Waals surface area contributed by atoms with Gasteiger partial charge in [-0.3, -0.25) is 14.7 Å². The number of carbonyl (C=O) groups is 1. The highest BCUT2D eigenvalue weighted by Crippen LogP contribution is 2.16. The van der Waals surface area contributed by atoms with Crippen molar-refractivity contribution in [3.63, 3.8) is 0 Å². The standard InChI is InChI=1S/C18H19N5O2/c1-3-15-8-14(9-16(24)21-15)18(25)19-10-12-5-4-6-13(7-12)17-20-11(2)22-23-17/h4-9H,3,10H2,1-2H3,(H,19,25)(H,21,24)(H,20,22,23). The fraction of sp³-hybridized carbons (Fsp3) is 0.222. The van der Waals surface area contributed by atoms with E-state index in [1.165, 1.54) is 6.07 Å². The minimum Gasteiger partial charge on any atom is -0.348 e. The second-order valence-electron chi connectivity index (χ2n) is 5.74. The van der Waals surface area contributed by atoms with E-state index in [2.05, 4.69) is 25.5 Å². The number of H-pyrrole nitrogens is 2. The van der Waals surface area contributed by atoms with Gasteiger partial charge in [0.25, 0.3) is 5.91 Å². The van der Waals surface area contributed by atoms with Crippen LogP contribution in [0.4, 0.5) is 0 Å². The summed E-state index contributed by atoms with van der Waals surface area (Å²) in [7, 11) is 0. The predicted octanol–water partition coefficient (Wildman–Crippen LogP) is 1.96. The van der Waals surface area contributed by atoms with Gasteiger partial charge >= 0.3 is 0 Å². The van der Waals surface area contributed by atoms with Crippen LogP contribution in [0.5, 0.6) is 0 Å². The van der Waals surface area contributed by atoms with E-state index in [0.29, 0.717) is 24.4 Å². The van der Waals surface area contributed by atoms with Crippen LogP contribution >= 0.6 is 0 Å². The van der Waals surface area contributed by atoms with E-state index >= 15 is 0 Å². The number of rotatable bonds is 5. The molecule has 3 N–H and O–H groups in total. The van der Waals surface area contributed by atoms with Crippen molar-refractivity contribution in [1.82, 2.24) is 25.5 Å². The molecule has 2 heterocycles. The molecule has 128 valence electrons. The van der Waals surface area contributed by atoms with Crippen molar-refractivity contribution < 1.29 is 4.79 Å². The van der Waals surface area contributed by atoms with Crippen molar-refractivity contribution in [3.8, 4) is 11.4 Å². The average Bonchev–Trinajstić information content (AvgIpc) is 3.06. The molecule has 2 aromatic heterocycles. The number of hydrogen-bond donors (Lipinski definition) is 3. The summed E-state index contributed by atoms with van der Waals surface area (Å²) in [6.45, 7) is 4.11. The van der Waals surface area contributed by atoms with Gasteiger partial charge in [0.1, 0.15) is 5.82 Å². The summed E-state index contributed by atoms with van der Waals surface area (Å²) in [5, 5.41) is 9.79. The summed E-state index contributed by atoms with van der Waals surface area (Å²) >= 11 is 0. The lowest BCUT2D eigenvalue weighted by molar-refractivity contribution is 0.0950. The molecule has 3 rings (SSSR count). The molecule has 1 amide bonds. The third-order valence-electron chi connectivity index (χ3n) is 3.78. The van der Waals surface area contributed by atoms with Crippen molar-refractivity contribution in [2.75, 3.05) is 0 Å². The van der Waals surface area contributed by atoms with E-state index in [9.17, 15) is 9.59 Å². The van der Waals surface area contributed by atoms with Crippen molar-refractivity contribution in [2.45, 2.75) is 26.8 Å². The third kappa shape index (κ3) is 4.00. The van der Waals surface area contributed by atoms with Crippen LogP contribution in [0.2, 0.25) is 0 Å². The van der Waals surface area contributed by atoms with Gasteiger partial charge in [0.2, 0.25) is 5.56 Å². The average molecular weight is 337 g/mol. The second kappa shape index (κ2) is 7.12. The zero-order chi connectivity index (χ0) is 17.8. The molecular weight excluding hydrogens is 318 g/mol. The van der Waals surface area contributed by atoms with Crippen LogP contribution in [0.25, 0.3) is 11.4 Å². The highest BCUT2D eigenvalue weighted by molar-refractivity contribution is 5.94. The minimum absolute atomic E-state index is 0.272. The van der Waals surface area contributed by atoms with Gasteiger partial charge in [-0.25, -0.2) is 4.98 Å². The molecule has 25 heavy (non-hydrogen) atoms. The number of amides is 1. The Morgan fingerprint density at radius 1 is 1.24 bits per heavy atom. The van der Waals surface area contributed by atoms with Crippen LogP contribution < -0.4 is 10.9 Å². The van der Waals surface area contributed by atoms with Crippen LogP contribution in [0.15, 0.2) is 41.2 Å². The molecule has 0 saturated carbocycles. The molecule has 0 radical (unpaired) electrons. The highest BCUT2D eigenvalue weighted by Gasteiger charge is 2.09. The second-order valence-corrected chi connectivity index (χ2v) is 5.74. The minimum atomic E-state index is -0.278. The molecule has 0 saturated heterocycles. The molecule has 0 atom stereocenters. The Morgan fingerprint density at radius 3 is 2.80 bits per heavy atom. The monoisotopic (exact) mass is 337 g/mol. The number of nitrogens with zero attached hydrogens (tertiary/aromatic N) is 2. The van der Waals surface area contributed by atoms with E-state index in [1.54, 1.807) is 6.07 Å². The van der Waals surface area contributed by atoms with Gasteiger partial charge in [0, 0.05) is 29.4 Å². The molecule has 0 fully saturated rings. The van der Waals surface area contributed by atoms with E-state index in [-0.39, 0.29) is 11.5 Å². The lowest BCUT2D eigenvalue weighted by atomic mass is 10.1. The Bertz CT molecular complexity index is 958. The number of pyridine rings is 1. The van der Waals surface area contributed by atoms with Crippen molar-refractivity contribution in [1.29, 1.82) is 0 Å². The number of hydrogen-bond acceptors (Lipinski definition) is 4. The summed E-state index contributed by atoms with van der Waals surface area (Å²) in [5.41, 5.74) is 2.63. The molecule has 0 aliphatic carbocycles. The maximum absolute atomic E-state index is 12.3. The normalized spacial score (nSPS) is 10.6. The maximum atomic E-state index is 12.3. The lowest BCUT2D eigenvalue weighted by Gasteiger charge is -2.07. The van der Waals surface area contributed by atoms with Gasteiger partial charge in [-0.1, -0.05) is 25.1 Å². The zero-order valence-corrected chi connectivity index (χ0v) is 14.1. The molecule has 0 spiro atoms. The number of nitrogens with one attached hydrogen (secondary N) is 3. The third-order valence-corrected chi connectivity index (χ3v) is 3.78. The van der Waals surface area contributed by atoms with Crippen LogP contribution in [-0.4, -0.2) is 26.1 Å². The van der Waals surface area contributed by atoms with E-state index in [4.69, 9.17) is 0 Å². The van der Waals surface area contributed by atoms with Crippen molar-refractivity contribution in [3.05, 3.63) is 69.4 Å². The predicted molar refractivity (Wildman–Crippen MR) is 94.2 cm³/mol. The fourth-order valence-electron chi connectivity index (χ4n) is 2.50. The largest absolute Gasteiger partial charge is 0.348 e. The van der Waals surface area contributed by atoms with Gasteiger partial charge in [0.05, 0.1) is 0 Å². The molecule has 0 bridgehead atoms. The number of benzene rings is 1. The first kappa shape index (κ1) is 16.6. The molecular formula is C18H19N5O2. The Hall–Kier alpha value is -3.22. The van der Waals surface area contributed by atoms with E-state index in [1.807, 2.05) is 38.1 Å². The van der Waals surface area contributed by atoms with Crippen LogP contribution in [0.3, 0.4) is 0 Å². The summed E-state index contributed by atoms with van der Waals surface area (Å²) in [6.07, 6.45) is 0.661. The first-order valence-electron chi connectivity index (χ1n) is 8.05. The number of aromatic nitrogens is 4. The molecule has 7 nitrogen and oxygen atoms in total. The molecule has 0 unspecified atom stereocenters. The lowest BCUT2D eigenvalue weighted by Crippen LogP contribution is -2.25. The van der Waals surface area contributed by atoms with E-state index < -0.39 is 0 Å². The SMILES string of the molecule is CCc1cc(C(=O)NCc2cccc(-c3n[nH]c(C)n3)c2)cc(=O)[nH]1.